The quantitative estimate of drug-likeness (QED) is 0.791. The second-order valence-electron chi connectivity index (χ2n) is 5.99. The van der Waals surface area contributed by atoms with Crippen molar-refractivity contribution in [2.45, 2.75) is 33.8 Å². The van der Waals surface area contributed by atoms with Crippen LogP contribution in [-0.4, -0.2) is 25.2 Å². The molecule has 128 valence electrons. The summed E-state index contributed by atoms with van der Waals surface area (Å²) < 4.78 is 11.4. The predicted molar refractivity (Wildman–Crippen MR) is 95.7 cm³/mol. The molecule has 0 saturated carbocycles. The summed E-state index contributed by atoms with van der Waals surface area (Å²) in [7, 11) is 0. The Morgan fingerprint density at radius 1 is 1.08 bits per heavy atom. The van der Waals surface area contributed by atoms with E-state index in [9.17, 15) is 4.79 Å². The van der Waals surface area contributed by atoms with Crippen LogP contribution in [0.3, 0.4) is 0 Å². The Bertz CT molecular complexity index is 697. The smallest absolute Gasteiger partial charge is 0.260 e. The second-order valence-corrected chi connectivity index (χ2v) is 5.99. The van der Waals surface area contributed by atoms with Crippen LogP contribution < -0.4 is 14.8 Å². The van der Waals surface area contributed by atoms with E-state index < -0.39 is 6.10 Å². The molecule has 0 aromatic heterocycles. The zero-order valence-electron chi connectivity index (χ0n) is 14.8. The van der Waals surface area contributed by atoms with E-state index in [1.54, 1.807) is 6.92 Å². The number of aryl methyl sites for hydroxylation is 3. The summed E-state index contributed by atoms with van der Waals surface area (Å²) in [6.45, 7) is 8.59. The Hall–Kier alpha value is -2.49. The Morgan fingerprint density at radius 2 is 1.83 bits per heavy atom. The van der Waals surface area contributed by atoms with Gasteiger partial charge in [0.05, 0.1) is 6.54 Å². The SMILES string of the molecule is Cc1cccc(OCCNC(=O)[C@H](C)Oc2cc(C)ccc2C)c1. The van der Waals surface area contributed by atoms with Crippen molar-refractivity contribution in [1.82, 2.24) is 5.32 Å². The molecule has 0 aliphatic rings. The third kappa shape index (κ3) is 5.30. The molecule has 0 saturated heterocycles. The molecule has 1 atom stereocenters. The zero-order valence-corrected chi connectivity index (χ0v) is 14.8. The monoisotopic (exact) mass is 327 g/mol. The van der Waals surface area contributed by atoms with Gasteiger partial charge in [0.15, 0.2) is 6.10 Å². The van der Waals surface area contributed by atoms with Gasteiger partial charge in [0, 0.05) is 0 Å². The standard InChI is InChI=1S/C20H25NO3/c1-14-6-5-7-18(12-14)23-11-10-21-20(22)17(4)24-19-13-15(2)8-9-16(19)3/h5-9,12-13,17H,10-11H2,1-4H3,(H,21,22)/t17-/m0/s1. The van der Waals surface area contributed by atoms with Crippen molar-refractivity contribution in [2.24, 2.45) is 0 Å². The molecule has 0 aliphatic heterocycles. The molecule has 0 bridgehead atoms. The summed E-state index contributed by atoms with van der Waals surface area (Å²) in [6.07, 6.45) is -0.551. The predicted octanol–water partition coefficient (Wildman–Crippen LogP) is 3.57. The van der Waals surface area contributed by atoms with Crippen molar-refractivity contribution in [3.05, 3.63) is 59.2 Å². The Balaban J connectivity index is 1.76. The van der Waals surface area contributed by atoms with Gasteiger partial charge < -0.3 is 14.8 Å². The number of benzene rings is 2. The molecular weight excluding hydrogens is 302 g/mol. The molecule has 2 aromatic carbocycles. The highest BCUT2D eigenvalue weighted by atomic mass is 16.5. The van der Waals surface area contributed by atoms with E-state index in [2.05, 4.69) is 5.32 Å². The Morgan fingerprint density at radius 3 is 2.58 bits per heavy atom. The number of hydrogen-bond acceptors (Lipinski definition) is 3. The van der Waals surface area contributed by atoms with Gasteiger partial charge in [0.1, 0.15) is 18.1 Å². The van der Waals surface area contributed by atoms with E-state index >= 15 is 0 Å². The number of nitrogens with one attached hydrogen (secondary N) is 1. The molecule has 0 heterocycles. The van der Waals surface area contributed by atoms with Crippen molar-refractivity contribution in [3.63, 3.8) is 0 Å². The fourth-order valence-electron chi connectivity index (χ4n) is 2.27. The number of carbonyl (C=O) groups excluding carboxylic acids is 1. The Kier molecular flexibility index (Phi) is 6.24. The van der Waals surface area contributed by atoms with Gasteiger partial charge in [-0.05, 0) is 62.6 Å². The topological polar surface area (TPSA) is 47.6 Å². The van der Waals surface area contributed by atoms with Gasteiger partial charge in [-0.1, -0.05) is 24.3 Å². The van der Waals surface area contributed by atoms with Crippen LogP contribution in [-0.2, 0) is 4.79 Å². The van der Waals surface area contributed by atoms with E-state index in [1.165, 1.54) is 0 Å². The number of carbonyl (C=O) groups is 1. The van der Waals surface area contributed by atoms with Gasteiger partial charge in [-0.25, -0.2) is 0 Å². The highest BCUT2D eigenvalue weighted by Crippen LogP contribution is 2.20. The normalized spacial score (nSPS) is 11.7. The number of amides is 1. The molecule has 24 heavy (non-hydrogen) atoms. The second kappa shape index (κ2) is 8.39. The third-order valence-electron chi connectivity index (χ3n) is 3.68. The average Bonchev–Trinajstić information content (AvgIpc) is 2.55. The van der Waals surface area contributed by atoms with Gasteiger partial charge in [0.25, 0.3) is 5.91 Å². The fourth-order valence-corrected chi connectivity index (χ4v) is 2.27. The number of rotatable bonds is 7. The molecule has 1 amide bonds. The van der Waals surface area contributed by atoms with Gasteiger partial charge in [-0.2, -0.15) is 0 Å². The van der Waals surface area contributed by atoms with Crippen LogP contribution >= 0.6 is 0 Å². The molecule has 2 rings (SSSR count). The molecule has 2 aromatic rings. The fraction of sp³-hybridized carbons (Fsp3) is 0.350. The third-order valence-corrected chi connectivity index (χ3v) is 3.68. The lowest BCUT2D eigenvalue weighted by molar-refractivity contribution is -0.127. The minimum Gasteiger partial charge on any atom is -0.492 e. The van der Waals surface area contributed by atoms with Gasteiger partial charge in [-0.15, -0.1) is 0 Å². The zero-order chi connectivity index (χ0) is 17.5. The summed E-state index contributed by atoms with van der Waals surface area (Å²) in [4.78, 5) is 12.1. The van der Waals surface area contributed by atoms with E-state index in [-0.39, 0.29) is 5.91 Å². The van der Waals surface area contributed by atoms with Crippen molar-refractivity contribution < 1.29 is 14.3 Å². The lowest BCUT2D eigenvalue weighted by atomic mass is 10.1. The highest BCUT2D eigenvalue weighted by Gasteiger charge is 2.15. The molecule has 1 N–H and O–H groups in total. The van der Waals surface area contributed by atoms with Crippen LogP contribution in [0, 0.1) is 20.8 Å². The summed E-state index contributed by atoms with van der Waals surface area (Å²) in [5.74, 6) is 1.40. The lowest BCUT2D eigenvalue weighted by Crippen LogP contribution is -2.38. The molecule has 0 spiro atoms. The molecule has 0 fully saturated rings. The summed E-state index contributed by atoms with van der Waals surface area (Å²) in [5.41, 5.74) is 3.27. The average molecular weight is 327 g/mol. The van der Waals surface area contributed by atoms with E-state index in [1.807, 2.05) is 63.2 Å². The van der Waals surface area contributed by atoms with Gasteiger partial charge in [-0.3, -0.25) is 4.79 Å². The maximum Gasteiger partial charge on any atom is 0.260 e. The lowest BCUT2D eigenvalue weighted by Gasteiger charge is -2.17. The van der Waals surface area contributed by atoms with Crippen molar-refractivity contribution >= 4 is 5.91 Å². The van der Waals surface area contributed by atoms with Crippen molar-refractivity contribution in [3.8, 4) is 11.5 Å². The van der Waals surface area contributed by atoms with Crippen LogP contribution in [0.5, 0.6) is 11.5 Å². The summed E-state index contributed by atoms with van der Waals surface area (Å²) in [5, 5.41) is 2.83. The van der Waals surface area contributed by atoms with Crippen molar-refractivity contribution in [2.75, 3.05) is 13.2 Å². The summed E-state index contributed by atoms with van der Waals surface area (Å²) in [6, 6.07) is 13.8. The number of hydrogen-bond donors (Lipinski definition) is 1. The van der Waals surface area contributed by atoms with Gasteiger partial charge >= 0.3 is 0 Å². The molecule has 4 nitrogen and oxygen atoms in total. The molecule has 0 aliphatic carbocycles. The largest absolute Gasteiger partial charge is 0.492 e. The first-order chi connectivity index (χ1) is 11.5. The first kappa shape index (κ1) is 17.9. The first-order valence-corrected chi connectivity index (χ1v) is 8.17. The first-order valence-electron chi connectivity index (χ1n) is 8.17. The van der Waals surface area contributed by atoms with Crippen molar-refractivity contribution in [1.29, 1.82) is 0 Å². The van der Waals surface area contributed by atoms with Crippen LogP contribution in [0.25, 0.3) is 0 Å². The summed E-state index contributed by atoms with van der Waals surface area (Å²) >= 11 is 0. The molecular formula is C20H25NO3. The van der Waals surface area contributed by atoms with Crippen LogP contribution in [0.15, 0.2) is 42.5 Å². The highest BCUT2D eigenvalue weighted by molar-refractivity contribution is 5.80. The van der Waals surface area contributed by atoms with Crippen LogP contribution in [0.1, 0.15) is 23.6 Å². The maximum atomic E-state index is 12.1. The van der Waals surface area contributed by atoms with E-state index in [0.717, 1.165) is 28.2 Å². The minimum absolute atomic E-state index is 0.149. The molecule has 4 heteroatoms. The van der Waals surface area contributed by atoms with E-state index in [4.69, 9.17) is 9.47 Å². The Labute approximate surface area is 143 Å². The van der Waals surface area contributed by atoms with Gasteiger partial charge in [0.2, 0.25) is 0 Å². The molecule has 0 unspecified atom stereocenters. The maximum absolute atomic E-state index is 12.1. The number of ether oxygens (including phenoxy) is 2. The van der Waals surface area contributed by atoms with E-state index in [0.29, 0.717) is 13.2 Å². The minimum atomic E-state index is -0.551. The molecule has 0 radical (unpaired) electrons. The van der Waals surface area contributed by atoms with Crippen LogP contribution in [0.2, 0.25) is 0 Å². The van der Waals surface area contributed by atoms with Crippen LogP contribution in [0.4, 0.5) is 0 Å².